The fraction of sp³-hybridized carbons (Fsp3) is 0.417. The average Bonchev–Trinajstić information content (AvgIpc) is 2.77. The SMILES string of the molecule is CCNC(=NCc1ccc2c(c1)CCCN2C)NCCc1cccc(C(=O)NC)c1.I. The molecule has 0 fully saturated rings. The summed E-state index contributed by atoms with van der Waals surface area (Å²) in [7, 11) is 3.81. The molecule has 0 unspecified atom stereocenters. The van der Waals surface area contributed by atoms with Gasteiger partial charge in [-0.2, -0.15) is 0 Å². The van der Waals surface area contributed by atoms with E-state index in [4.69, 9.17) is 4.99 Å². The number of guanidine groups is 1. The van der Waals surface area contributed by atoms with Crippen LogP contribution in [0.4, 0.5) is 5.69 Å². The van der Waals surface area contributed by atoms with Gasteiger partial charge in [0.15, 0.2) is 5.96 Å². The smallest absolute Gasteiger partial charge is 0.251 e. The second kappa shape index (κ2) is 12.5. The van der Waals surface area contributed by atoms with Gasteiger partial charge in [0.05, 0.1) is 6.54 Å². The number of nitrogens with zero attached hydrogens (tertiary/aromatic N) is 2. The van der Waals surface area contributed by atoms with Crippen LogP contribution in [0.1, 0.15) is 40.4 Å². The van der Waals surface area contributed by atoms with Crippen LogP contribution in [0.2, 0.25) is 0 Å². The molecule has 31 heavy (non-hydrogen) atoms. The van der Waals surface area contributed by atoms with Crippen molar-refractivity contribution in [2.24, 2.45) is 4.99 Å². The molecule has 1 heterocycles. The van der Waals surface area contributed by atoms with Crippen molar-refractivity contribution in [3.8, 4) is 0 Å². The summed E-state index contributed by atoms with van der Waals surface area (Å²) >= 11 is 0. The van der Waals surface area contributed by atoms with E-state index in [-0.39, 0.29) is 29.9 Å². The first kappa shape index (κ1) is 25.0. The number of amides is 1. The predicted molar refractivity (Wildman–Crippen MR) is 140 cm³/mol. The highest BCUT2D eigenvalue weighted by Crippen LogP contribution is 2.26. The van der Waals surface area contributed by atoms with Gasteiger partial charge in [-0.25, -0.2) is 4.99 Å². The standard InChI is InChI=1S/C24H33N5O.HI/c1-4-26-24(27-13-12-18-7-5-8-21(15-18)23(30)25-2)28-17-19-10-11-22-20(16-19)9-6-14-29(22)3;/h5,7-8,10-11,15-16H,4,6,9,12-14,17H2,1-3H3,(H,25,30)(H2,26,27,28);1H. The maximum absolute atomic E-state index is 11.8. The Morgan fingerprint density at radius 1 is 1.13 bits per heavy atom. The first-order valence-corrected chi connectivity index (χ1v) is 10.8. The van der Waals surface area contributed by atoms with Crippen molar-refractivity contribution in [1.29, 1.82) is 0 Å². The minimum absolute atomic E-state index is 0. The van der Waals surface area contributed by atoms with Crippen molar-refractivity contribution in [3.05, 3.63) is 64.7 Å². The molecule has 6 nitrogen and oxygen atoms in total. The van der Waals surface area contributed by atoms with Gasteiger partial charge >= 0.3 is 0 Å². The van der Waals surface area contributed by atoms with Crippen LogP contribution < -0.4 is 20.9 Å². The zero-order chi connectivity index (χ0) is 21.3. The Labute approximate surface area is 202 Å². The Bertz CT molecular complexity index is 899. The molecule has 0 radical (unpaired) electrons. The van der Waals surface area contributed by atoms with Crippen molar-refractivity contribution in [2.75, 3.05) is 38.6 Å². The minimum atomic E-state index is -0.0593. The lowest BCUT2D eigenvalue weighted by atomic mass is 10.00. The third-order valence-electron chi connectivity index (χ3n) is 5.38. The quantitative estimate of drug-likeness (QED) is 0.289. The lowest BCUT2D eigenvalue weighted by Crippen LogP contribution is -2.38. The van der Waals surface area contributed by atoms with Gasteiger partial charge < -0.3 is 20.9 Å². The van der Waals surface area contributed by atoms with E-state index in [1.54, 1.807) is 7.05 Å². The third kappa shape index (κ3) is 7.12. The van der Waals surface area contributed by atoms with Crippen molar-refractivity contribution < 1.29 is 4.79 Å². The number of halogens is 1. The average molecular weight is 535 g/mol. The summed E-state index contributed by atoms with van der Waals surface area (Å²) in [6.07, 6.45) is 3.17. The number of aliphatic imine (C=N–C) groups is 1. The highest BCUT2D eigenvalue weighted by atomic mass is 127. The molecule has 1 aliphatic heterocycles. The van der Waals surface area contributed by atoms with Gasteiger partial charge in [0.2, 0.25) is 0 Å². The minimum Gasteiger partial charge on any atom is -0.374 e. The Balaban J connectivity index is 0.00000341. The van der Waals surface area contributed by atoms with Crippen molar-refractivity contribution in [3.63, 3.8) is 0 Å². The number of carbonyl (C=O) groups is 1. The monoisotopic (exact) mass is 535 g/mol. The number of nitrogens with one attached hydrogen (secondary N) is 3. The third-order valence-corrected chi connectivity index (χ3v) is 5.38. The van der Waals surface area contributed by atoms with Crippen LogP contribution in [0.15, 0.2) is 47.5 Å². The molecule has 0 saturated heterocycles. The molecule has 2 aromatic rings. The van der Waals surface area contributed by atoms with E-state index in [9.17, 15) is 4.79 Å². The zero-order valence-corrected chi connectivity index (χ0v) is 21.0. The lowest BCUT2D eigenvalue weighted by molar-refractivity contribution is 0.0963. The molecule has 1 aliphatic rings. The molecule has 0 bridgehead atoms. The topological polar surface area (TPSA) is 68.8 Å². The molecular weight excluding hydrogens is 501 g/mol. The van der Waals surface area contributed by atoms with Gasteiger partial charge in [0.1, 0.15) is 0 Å². The van der Waals surface area contributed by atoms with E-state index in [2.05, 4.69) is 53.0 Å². The van der Waals surface area contributed by atoms with Crippen molar-refractivity contribution in [2.45, 2.75) is 32.7 Å². The van der Waals surface area contributed by atoms with Gasteiger partial charge in [-0.3, -0.25) is 4.79 Å². The zero-order valence-electron chi connectivity index (χ0n) is 18.7. The first-order chi connectivity index (χ1) is 14.6. The lowest BCUT2D eigenvalue weighted by Gasteiger charge is -2.27. The second-order valence-corrected chi connectivity index (χ2v) is 7.64. The molecule has 3 rings (SSSR count). The van der Waals surface area contributed by atoms with Gasteiger partial charge in [0, 0.05) is 45.0 Å². The van der Waals surface area contributed by atoms with Crippen LogP contribution in [0.3, 0.4) is 0 Å². The summed E-state index contributed by atoms with van der Waals surface area (Å²) in [4.78, 5) is 18.9. The van der Waals surface area contributed by atoms with E-state index in [0.29, 0.717) is 12.1 Å². The molecule has 0 aliphatic carbocycles. The summed E-state index contributed by atoms with van der Waals surface area (Å²) in [5.41, 5.74) is 5.81. The summed E-state index contributed by atoms with van der Waals surface area (Å²) in [5, 5.41) is 9.38. The Morgan fingerprint density at radius 3 is 2.74 bits per heavy atom. The number of benzene rings is 2. The molecule has 1 amide bonds. The molecule has 0 aromatic heterocycles. The molecule has 0 saturated carbocycles. The Hall–Kier alpha value is -2.29. The number of anilines is 1. The number of hydrogen-bond acceptors (Lipinski definition) is 3. The number of aryl methyl sites for hydroxylation is 1. The van der Waals surface area contributed by atoms with E-state index in [1.165, 1.54) is 23.2 Å². The van der Waals surface area contributed by atoms with Gasteiger partial charge in [0.25, 0.3) is 5.91 Å². The summed E-state index contributed by atoms with van der Waals surface area (Å²) < 4.78 is 0. The molecule has 7 heteroatoms. The molecule has 0 atom stereocenters. The molecule has 2 aromatic carbocycles. The van der Waals surface area contributed by atoms with Crippen LogP contribution in [0, 0.1) is 0 Å². The van der Waals surface area contributed by atoms with E-state index >= 15 is 0 Å². The van der Waals surface area contributed by atoms with E-state index in [0.717, 1.165) is 44.0 Å². The number of rotatable bonds is 7. The van der Waals surface area contributed by atoms with Crippen LogP contribution in [0.25, 0.3) is 0 Å². The van der Waals surface area contributed by atoms with Gasteiger partial charge in [-0.1, -0.05) is 24.3 Å². The Morgan fingerprint density at radius 2 is 1.97 bits per heavy atom. The second-order valence-electron chi connectivity index (χ2n) is 7.64. The van der Waals surface area contributed by atoms with E-state index in [1.807, 2.05) is 24.3 Å². The molecular formula is C24H34IN5O. The summed E-state index contributed by atoms with van der Waals surface area (Å²) in [6, 6.07) is 14.4. The maximum Gasteiger partial charge on any atom is 0.251 e. The number of carbonyl (C=O) groups excluding carboxylic acids is 1. The van der Waals surface area contributed by atoms with Crippen molar-refractivity contribution >= 4 is 41.5 Å². The van der Waals surface area contributed by atoms with Gasteiger partial charge in [-0.05, 0) is 61.1 Å². The van der Waals surface area contributed by atoms with Crippen LogP contribution in [-0.4, -0.2) is 45.6 Å². The van der Waals surface area contributed by atoms with E-state index < -0.39 is 0 Å². The normalized spacial score (nSPS) is 13.1. The number of hydrogen-bond donors (Lipinski definition) is 3. The van der Waals surface area contributed by atoms with Crippen molar-refractivity contribution in [1.82, 2.24) is 16.0 Å². The molecule has 168 valence electrons. The predicted octanol–water partition coefficient (Wildman–Crippen LogP) is 3.34. The van der Waals surface area contributed by atoms with Crippen LogP contribution in [-0.2, 0) is 19.4 Å². The largest absolute Gasteiger partial charge is 0.374 e. The van der Waals surface area contributed by atoms with Crippen LogP contribution in [0.5, 0.6) is 0 Å². The number of fused-ring (bicyclic) bond motifs is 1. The first-order valence-electron chi connectivity index (χ1n) is 10.8. The highest BCUT2D eigenvalue weighted by Gasteiger charge is 2.13. The summed E-state index contributed by atoms with van der Waals surface area (Å²) in [5.74, 6) is 0.755. The highest BCUT2D eigenvalue weighted by molar-refractivity contribution is 14.0. The van der Waals surface area contributed by atoms with Crippen LogP contribution >= 0.6 is 24.0 Å². The fourth-order valence-electron chi connectivity index (χ4n) is 3.79. The molecule has 3 N–H and O–H groups in total. The molecule has 0 spiro atoms. The fourth-order valence-corrected chi connectivity index (χ4v) is 3.79. The maximum atomic E-state index is 11.8. The van der Waals surface area contributed by atoms with Gasteiger partial charge in [-0.15, -0.1) is 24.0 Å². The Kier molecular flexibility index (Phi) is 10.1. The summed E-state index contributed by atoms with van der Waals surface area (Å²) in [6.45, 7) is 5.41.